The van der Waals surface area contributed by atoms with E-state index in [9.17, 15) is 9.59 Å². The Labute approximate surface area is 229 Å². The van der Waals surface area contributed by atoms with E-state index in [1.807, 2.05) is 72.5 Å². The molecule has 1 atom stereocenters. The van der Waals surface area contributed by atoms with Gasteiger partial charge in [0.1, 0.15) is 5.82 Å². The third-order valence-electron chi connectivity index (χ3n) is 7.06. The molecule has 0 aliphatic rings. The predicted molar refractivity (Wildman–Crippen MR) is 154 cm³/mol. The van der Waals surface area contributed by atoms with Crippen molar-refractivity contribution in [2.75, 3.05) is 13.1 Å². The molecule has 0 bridgehead atoms. The van der Waals surface area contributed by atoms with Gasteiger partial charge in [0.2, 0.25) is 5.91 Å². The number of nitrogens with two attached hydrogens (primary N) is 1. The van der Waals surface area contributed by atoms with Crippen LogP contribution in [0.1, 0.15) is 61.5 Å². The average molecular weight is 531 g/mol. The maximum atomic E-state index is 14.5. The van der Waals surface area contributed by atoms with Crippen LogP contribution < -0.4 is 11.3 Å². The largest absolute Gasteiger partial charge is 0.332 e. The van der Waals surface area contributed by atoms with Gasteiger partial charge in [0, 0.05) is 18.6 Å². The molecule has 2 N–H and O–H groups in total. The Morgan fingerprint density at radius 1 is 0.947 bits per heavy atom. The topological polar surface area (TPSA) is 81.2 Å². The smallest absolute Gasteiger partial charge is 0.261 e. The van der Waals surface area contributed by atoms with Crippen LogP contribution in [-0.2, 0) is 11.8 Å². The number of halogens is 1. The molecule has 1 heterocycles. The minimum absolute atomic E-state index is 0.0193. The molecule has 0 saturated carbocycles. The molecule has 0 saturated heterocycles. The van der Waals surface area contributed by atoms with Crippen molar-refractivity contribution in [3.8, 4) is 0 Å². The van der Waals surface area contributed by atoms with Gasteiger partial charge in [-0.05, 0) is 55.6 Å². The summed E-state index contributed by atoms with van der Waals surface area (Å²) in [6, 6.07) is 24.3. The number of carbonyl (C=O) groups is 1. The summed E-state index contributed by atoms with van der Waals surface area (Å²) < 4.78 is 1.55. The summed E-state index contributed by atoms with van der Waals surface area (Å²) in [5.74, 6) is 0.0323. The zero-order valence-electron chi connectivity index (χ0n) is 22.0. The number of amides is 1. The summed E-state index contributed by atoms with van der Waals surface area (Å²) in [4.78, 5) is 34.4. The van der Waals surface area contributed by atoms with E-state index in [1.165, 1.54) is 0 Å². The molecule has 4 rings (SSSR count). The minimum Gasteiger partial charge on any atom is -0.332 e. The quantitative estimate of drug-likeness (QED) is 0.247. The van der Waals surface area contributed by atoms with Crippen LogP contribution in [0.3, 0.4) is 0 Å². The Morgan fingerprint density at radius 2 is 1.55 bits per heavy atom. The molecule has 4 aromatic rings. The number of aromatic nitrogens is 2. The lowest BCUT2D eigenvalue weighted by atomic mass is 9.89. The van der Waals surface area contributed by atoms with Crippen molar-refractivity contribution in [3.05, 3.63) is 111 Å². The molecule has 6 nitrogen and oxygen atoms in total. The molecule has 198 valence electrons. The highest BCUT2D eigenvalue weighted by Crippen LogP contribution is 2.31. The van der Waals surface area contributed by atoms with Gasteiger partial charge in [0.25, 0.3) is 5.56 Å². The normalized spacial score (nSPS) is 12.1. The van der Waals surface area contributed by atoms with Crippen molar-refractivity contribution < 1.29 is 4.79 Å². The average Bonchev–Trinajstić information content (AvgIpc) is 2.93. The molecular formula is C31H35ClN4O2. The third-order valence-corrected chi connectivity index (χ3v) is 7.30. The van der Waals surface area contributed by atoms with Crippen LogP contribution in [0.4, 0.5) is 0 Å². The van der Waals surface area contributed by atoms with Crippen molar-refractivity contribution in [2.45, 2.75) is 44.6 Å². The van der Waals surface area contributed by atoms with Crippen LogP contribution in [0.2, 0.25) is 5.02 Å². The molecule has 0 radical (unpaired) electrons. The first kappa shape index (κ1) is 27.6. The second-order valence-corrected chi connectivity index (χ2v) is 10.1. The Balaban J connectivity index is 1.77. The summed E-state index contributed by atoms with van der Waals surface area (Å²) in [5.41, 5.74) is 7.91. The van der Waals surface area contributed by atoms with Crippen molar-refractivity contribution in [2.24, 2.45) is 12.8 Å². The second kappa shape index (κ2) is 12.9. The Hall–Kier alpha value is -3.48. The minimum atomic E-state index is -0.476. The standard InChI is InChI=1S/C31H35ClN4O2/c1-22(29-34-27-21-25(32)17-18-26(27)30(37)35(29)2)36(20-12-4-3-11-19-33)31(38)28(23-13-7-5-8-14-23)24-15-9-6-10-16-24/h5-10,13-18,21-22,28H,3-4,11-12,19-20,33H2,1-2H3. The first-order valence-corrected chi connectivity index (χ1v) is 13.6. The van der Waals surface area contributed by atoms with Gasteiger partial charge in [-0.1, -0.05) is 85.1 Å². The van der Waals surface area contributed by atoms with Crippen molar-refractivity contribution in [1.82, 2.24) is 14.5 Å². The van der Waals surface area contributed by atoms with E-state index in [4.69, 9.17) is 22.3 Å². The van der Waals surface area contributed by atoms with E-state index in [2.05, 4.69) is 0 Å². The van der Waals surface area contributed by atoms with Gasteiger partial charge in [-0.3, -0.25) is 14.2 Å². The number of hydrogen-bond acceptors (Lipinski definition) is 4. The van der Waals surface area contributed by atoms with Crippen LogP contribution >= 0.6 is 11.6 Å². The molecule has 1 unspecified atom stereocenters. The third kappa shape index (κ3) is 6.14. The van der Waals surface area contributed by atoms with Crippen LogP contribution in [0.15, 0.2) is 83.7 Å². The van der Waals surface area contributed by atoms with E-state index in [0.717, 1.165) is 36.8 Å². The van der Waals surface area contributed by atoms with Crippen molar-refractivity contribution in [1.29, 1.82) is 0 Å². The second-order valence-electron chi connectivity index (χ2n) is 9.66. The summed E-state index contributed by atoms with van der Waals surface area (Å²) in [5, 5.41) is 1.01. The fourth-order valence-corrected chi connectivity index (χ4v) is 5.15. The number of benzene rings is 3. The Morgan fingerprint density at radius 3 is 2.16 bits per heavy atom. The molecule has 3 aromatic carbocycles. The zero-order chi connectivity index (χ0) is 27.1. The highest BCUT2D eigenvalue weighted by molar-refractivity contribution is 6.31. The van der Waals surface area contributed by atoms with Gasteiger partial charge in [0.15, 0.2) is 0 Å². The van der Waals surface area contributed by atoms with Crippen molar-refractivity contribution in [3.63, 3.8) is 0 Å². The molecule has 7 heteroatoms. The van der Waals surface area contributed by atoms with E-state index in [-0.39, 0.29) is 11.5 Å². The van der Waals surface area contributed by atoms with Crippen LogP contribution in [0.5, 0.6) is 0 Å². The summed E-state index contributed by atoms with van der Waals surface area (Å²) in [6.07, 6.45) is 3.77. The van der Waals surface area contributed by atoms with Crippen LogP contribution in [-0.4, -0.2) is 33.4 Å². The molecular weight excluding hydrogens is 496 g/mol. The lowest BCUT2D eigenvalue weighted by molar-refractivity contribution is -0.134. The van der Waals surface area contributed by atoms with E-state index < -0.39 is 12.0 Å². The van der Waals surface area contributed by atoms with E-state index in [0.29, 0.717) is 34.8 Å². The van der Waals surface area contributed by atoms with Gasteiger partial charge < -0.3 is 10.6 Å². The van der Waals surface area contributed by atoms with Crippen molar-refractivity contribution >= 4 is 28.4 Å². The monoisotopic (exact) mass is 530 g/mol. The number of hydrogen-bond donors (Lipinski definition) is 1. The number of unbranched alkanes of at least 4 members (excludes halogenated alkanes) is 3. The van der Waals surface area contributed by atoms with Gasteiger partial charge in [-0.15, -0.1) is 0 Å². The summed E-state index contributed by atoms with van der Waals surface area (Å²) in [6.45, 7) is 3.15. The Kier molecular flexibility index (Phi) is 9.32. The molecule has 38 heavy (non-hydrogen) atoms. The van der Waals surface area contributed by atoms with Crippen LogP contribution in [0, 0.1) is 0 Å². The number of rotatable bonds is 11. The van der Waals surface area contributed by atoms with Gasteiger partial charge in [-0.2, -0.15) is 0 Å². The highest BCUT2D eigenvalue weighted by Gasteiger charge is 2.32. The fraction of sp³-hybridized carbons (Fsp3) is 0.323. The molecule has 1 amide bonds. The maximum Gasteiger partial charge on any atom is 0.261 e. The first-order valence-electron chi connectivity index (χ1n) is 13.2. The summed E-state index contributed by atoms with van der Waals surface area (Å²) >= 11 is 6.22. The summed E-state index contributed by atoms with van der Waals surface area (Å²) in [7, 11) is 1.71. The molecule has 1 aromatic heterocycles. The number of fused-ring (bicyclic) bond motifs is 1. The lowest BCUT2D eigenvalue weighted by Gasteiger charge is -2.33. The maximum absolute atomic E-state index is 14.5. The molecule has 0 fully saturated rings. The van der Waals surface area contributed by atoms with Gasteiger partial charge in [0.05, 0.1) is 22.9 Å². The zero-order valence-corrected chi connectivity index (χ0v) is 22.8. The molecule has 0 aliphatic heterocycles. The van der Waals surface area contributed by atoms with E-state index in [1.54, 1.807) is 29.8 Å². The highest BCUT2D eigenvalue weighted by atomic mass is 35.5. The Bertz CT molecular complexity index is 1380. The number of nitrogens with zero attached hydrogens (tertiary/aromatic N) is 3. The SMILES string of the molecule is CC(c1nc2cc(Cl)ccc2c(=O)n1C)N(CCCCCCN)C(=O)C(c1ccccc1)c1ccccc1. The number of carbonyl (C=O) groups excluding carboxylic acids is 1. The molecule has 0 aliphatic carbocycles. The van der Waals surface area contributed by atoms with Gasteiger partial charge >= 0.3 is 0 Å². The predicted octanol–water partition coefficient (Wildman–Crippen LogP) is 5.83. The van der Waals surface area contributed by atoms with E-state index >= 15 is 0 Å². The fourth-order valence-electron chi connectivity index (χ4n) is 4.98. The van der Waals surface area contributed by atoms with Gasteiger partial charge in [-0.25, -0.2) is 4.98 Å². The molecule has 0 spiro atoms. The first-order chi connectivity index (χ1) is 18.4. The van der Waals surface area contributed by atoms with Crippen LogP contribution in [0.25, 0.3) is 10.9 Å². The lowest BCUT2D eigenvalue weighted by Crippen LogP contribution is -2.40.